The van der Waals surface area contributed by atoms with Crippen molar-refractivity contribution in [1.29, 1.82) is 0 Å². The fourth-order valence-electron chi connectivity index (χ4n) is 2.31. The van der Waals surface area contributed by atoms with Gasteiger partial charge in [-0.25, -0.2) is 0 Å². The van der Waals surface area contributed by atoms with Crippen molar-refractivity contribution in [2.24, 2.45) is 0 Å². The van der Waals surface area contributed by atoms with E-state index in [4.69, 9.17) is 16.3 Å². The molecule has 0 aliphatic rings. The summed E-state index contributed by atoms with van der Waals surface area (Å²) in [6.45, 7) is 5.40. The number of ether oxygens (including phenoxy) is 1. The van der Waals surface area contributed by atoms with Gasteiger partial charge in [-0.2, -0.15) is 0 Å². The predicted molar refractivity (Wildman–Crippen MR) is 90.1 cm³/mol. The number of methoxy groups -OCH3 is 1. The Morgan fingerprint density at radius 3 is 2.62 bits per heavy atom. The first kappa shape index (κ1) is 15.9. The van der Waals surface area contributed by atoms with Crippen molar-refractivity contribution in [3.8, 4) is 16.9 Å². The lowest BCUT2D eigenvalue weighted by atomic mass is 10.00. The second-order valence-electron chi connectivity index (χ2n) is 5.15. The van der Waals surface area contributed by atoms with Crippen LogP contribution in [-0.2, 0) is 0 Å². The summed E-state index contributed by atoms with van der Waals surface area (Å²) in [6.07, 6.45) is 1.14. The summed E-state index contributed by atoms with van der Waals surface area (Å²) in [4.78, 5) is 0. The fraction of sp³-hybridized carbons (Fsp3) is 0.333. The van der Waals surface area contributed by atoms with Gasteiger partial charge in [-0.1, -0.05) is 42.8 Å². The lowest BCUT2D eigenvalue weighted by molar-refractivity contribution is 0.415. The molecule has 1 N–H and O–H groups in total. The Morgan fingerprint density at radius 1 is 1.14 bits per heavy atom. The van der Waals surface area contributed by atoms with E-state index in [1.165, 1.54) is 11.1 Å². The molecule has 21 heavy (non-hydrogen) atoms. The van der Waals surface area contributed by atoms with Crippen molar-refractivity contribution in [3.63, 3.8) is 0 Å². The normalized spacial score (nSPS) is 12.2. The van der Waals surface area contributed by atoms with Gasteiger partial charge in [-0.05, 0) is 54.8 Å². The molecule has 2 aromatic carbocycles. The molecule has 2 aromatic rings. The van der Waals surface area contributed by atoms with Gasteiger partial charge in [-0.3, -0.25) is 0 Å². The van der Waals surface area contributed by atoms with Crippen LogP contribution in [-0.4, -0.2) is 13.7 Å². The molecule has 0 bridgehead atoms. The molecule has 3 heteroatoms. The fourth-order valence-corrected chi connectivity index (χ4v) is 2.50. The Hall–Kier alpha value is -1.51. The second kappa shape index (κ2) is 7.48. The smallest absolute Gasteiger partial charge is 0.138 e. The number of hydrogen-bond donors (Lipinski definition) is 1. The summed E-state index contributed by atoms with van der Waals surface area (Å²) >= 11 is 6.09. The Labute approximate surface area is 132 Å². The van der Waals surface area contributed by atoms with Gasteiger partial charge in [0.1, 0.15) is 5.75 Å². The Balaban J connectivity index is 2.28. The van der Waals surface area contributed by atoms with Crippen LogP contribution in [0.1, 0.15) is 31.9 Å². The first-order valence-electron chi connectivity index (χ1n) is 7.33. The third-order valence-corrected chi connectivity index (χ3v) is 3.88. The van der Waals surface area contributed by atoms with Crippen LogP contribution in [0.3, 0.4) is 0 Å². The van der Waals surface area contributed by atoms with Crippen LogP contribution in [0, 0.1) is 0 Å². The van der Waals surface area contributed by atoms with Crippen LogP contribution in [0.5, 0.6) is 5.75 Å². The predicted octanol–water partition coefficient (Wildman–Crippen LogP) is 5.08. The zero-order valence-electron chi connectivity index (χ0n) is 12.8. The molecule has 0 aromatic heterocycles. The minimum absolute atomic E-state index is 0.346. The molecular weight excluding hydrogens is 282 g/mol. The highest BCUT2D eigenvalue weighted by molar-refractivity contribution is 6.32. The third kappa shape index (κ3) is 3.99. The molecule has 112 valence electrons. The molecule has 0 saturated heterocycles. The minimum Gasteiger partial charge on any atom is -0.495 e. The van der Waals surface area contributed by atoms with E-state index in [1.54, 1.807) is 7.11 Å². The topological polar surface area (TPSA) is 21.3 Å². The summed E-state index contributed by atoms with van der Waals surface area (Å²) in [7, 11) is 1.64. The SMILES string of the molecule is CCCNC(C)c1cccc(-c2ccc(Cl)c(OC)c2)c1. The molecule has 0 amide bonds. The van der Waals surface area contributed by atoms with Crippen molar-refractivity contribution < 1.29 is 4.74 Å². The lowest BCUT2D eigenvalue weighted by Gasteiger charge is -2.15. The van der Waals surface area contributed by atoms with Gasteiger partial charge in [0.2, 0.25) is 0 Å². The van der Waals surface area contributed by atoms with E-state index in [2.05, 4.69) is 43.4 Å². The van der Waals surface area contributed by atoms with Crippen LogP contribution in [0.2, 0.25) is 5.02 Å². The van der Waals surface area contributed by atoms with Crippen molar-refractivity contribution in [2.45, 2.75) is 26.3 Å². The Morgan fingerprint density at radius 2 is 1.90 bits per heavy atom. The maximum atomic E-state index is 6.09. The third-order valence-electron chi connectivity index (χ3n) is 3.57. The lowest BCUT2D eigenvalue weighted by Crippen LogP contribution is -2.19. The standard InChI is InChI=1S/C18H22ClNO/c1-4-10-20-13(2)14-6-5-7-15(11-14)16-8-9-17(19)18(12-16)21-3/h5-9,11-13,20H,4,10H2,1-3H3. The first-order valence-corrected chi connectivity index (χ1v) is 7.70. The molecule has 1 atom stereocenters. The maximum absolute atomic E-state index is 6.09. The van der Waals surface area contributed by atoms with Crippen LogP contribution in [0.25, 0.3) is 11.1 Å². The number of rotatable bonds is 6. The molecule has 0 saturated carbocycles. The van der Waals surface area contributed by atoms with Crippen molar-refractivity contribution in [3.05, 3.63) is 53.1 Å². The zero-order chi connectivity index (χ0) is 15.2. The highest BCUT2D eigenvalue weighted by Crippen LogP contribution is 2.31. The Kier molecular flexibility index (Phi) is 5.66. The van der Waals surface area contributed by atoms with E-state index >= 15 is 0 Å². The molecule has 0 heterocycles. The van der Waals surface area contributed by atoms with Crippen molar-refractivity contribution >= 4 is 11.6 Å². The van der Waals surface area contributed by atoms with Crippen LogP contribution in [0.15, 0.2) is 42.5 Å². The van der Waals surface area contributed by atoms with E-state index < -0.39 is 0 Å². The summed E-state index contributed by atoms with van der Waals surface area (Å²) in [5.41, 5.74) is 3.57. The molecule has 2 nitrogen and oxygen atoms in total. The van der Waals surface area contributed by atoms with Gasteiger partial charge < -0.3 is 10.1 Å². The summed E-state index contributed by atoms with van der Waals surface area (Å²) in [5.74, 6) is 0.705. The summed E-state index contributed by atoms with van der Waals surface area (Å²) in [5, 5.41) is 4.15. The van der Waals surface area contributed by atoms with Gasteiger partial charge in [0.05, 0.1) is 12.1 Å². The number of nitrogens with one attached hydrogen (secondary N) is 1. The first-order chi connectivity index (χ1) is 10.2. The second-order valence-corrected chi connectivity index (χ2v) is 5.56. The average Bonchev–Trinajstić information content (AvgIpc) is 2.53. The minimum atomic E-state index is 0.346. The van der Waals surface area contributed by atoms with E-state index in [0.29, 0.717) is 16.8 Å². The summed E-state index contributed by atoms with van der Waals surface area (Å²) in [6, 6.07) is 14.8. The highest BCUT2D eigenvalue weighted by Gasteiger charge is 2.08. The maximum Gasteiger partial charge on any atom is 0.138 e. The van der Waals surface area contributed by atoms with Gasteiger partial charge >= 0.3 is 0 Å². The van der Waals surface area contributed by atoms with E-state index in [1.807, 2.05) is 18.2 Å². The number of halogens is 1. The van der Waals surface area contributed by atoms with Crippen LogP contribution >= 0.6 is 11.6 Å². The van der Waals surface area contributed by atoms with Gasteiger partial charge in [0, 0.05) is 6.04 Å². The largest absolute Gasteiger partial charge is 0.495 e. The molecule has 2 rings (SSSR count). The molecule has 0 radical (unpaired) electrons. The summed E-state index contributed by atoms with van der Waals surface area (Å²) < 4.78 is 5.29. The van der Waals surface area contributed by atoms with Gasteiger partial charge in [-0.15, -0.1) is 0 Å². The molecule has 0 aliphatic carbocycles. The molecule has 0 aliphatic heterocycles. The van der Waals surface area contributed by atoms with Gasteiger partial charge in [0.15, 0.2) is 0 Å². The molecule has 1 unspecified atom stereocenters. The van der Waals surface area contributed by atoms with E-state index in [9.17, 15) is 0 Å². The molecular formula is C18H22ClNO. The monoisotopic (exact) mass is 303 g/mol. The van der Waals surface area contributed by atoms with E-state index in [0.717, 1.165) is 18.5 Å². The zero-order valence-corrected chi connectivity index (χ0v) is 13.6. The van der Waals surface area contributed by atoms with Crippen LogP contribution in [0.4, 0.5) is 0 Å². The quantitative estimate of drug-likeness (QED) is 0.804. The van der Waals surface area contributed by atoms with Crippen molar-refractivity contribution in [2.75, 3.05) is 13.7 Å². The number of benzene rings is 2. The molecule has 0 spiro atoms. The van der Waals surface area contributed by atoms with Crippen molar-refractivity contribution in [1.82, 2.24) is 5.32 Å². The van der Waals surface area contributed by atoms with Crippen LogP contribution < -0.4 is 10.1 Å². The molecule has 0 fully saturated rings. The van der Waals surface area contributed by atoms with E-state index in [-0.39, 0.29) is 0 Å². The highest BCUT2D eigenvalue weighted by atomic mass is 35.5. The van der Waals surface area contributed by atoms with Gasteiger partial charge in [0.25, 0.3) is 0 Å². The Bertz CT molecular complexity index is 598. The average molecular weight is 304 g/mol. The number of hydrogen-bond acceptors (Lipinski definition) is 2.